The molecule has 0 bridgehead atoms. The van der Waals surface area contributed by atoms with E-state index in [0.717, 1.165) is 0 Å². The Morgan fingerprint density at radius 1 is 1.00 bits per heavy atom. The van der Waals surface area contributed by atoms with Crippen molar-refractivity contribution in [1.29, 1.82) is 0 Å². The molecule has 4 heteroatoms. The molecule has 0 amide bonds. The lowest BCUT2D eigenvalue weighted by molar-refractivity contribution is 0.00409. The zero-order chi connectivity index (χ0) is 8.04. The van der Waals surface area contributed by atoms with Crippen LogP contribution in [0.15, 0.2) is 0 Å². The molecule has 0 aromatic carbocycles. The van der Waals surface area contributed by atoms with Crippen molar-refractivity contribution in [1.82, 2.24) is 0 Å². The van der Waals surface area contributed by atoms with Crippen molar-refractivity contribution in [2.75, 3.05) is 25.2 Å². The molecule has 0 unspecified atom stereocenters. The predicted octanol–water partition coefficient (Wildman–Crippen LogP) is -0.265. The van der Waals surface area contributed by atoms with Gasteiger partial charge in [-0.2, -0.15) is 0 Å². The van der Waals surface area contributed by atoms with Crippen LogP contribution in [0, 0.1) is 5.41 Å². The van der Waals surface area contributed by atoms with Gasteiger partial charge in [0, 0.05) is 10.7 Å². The van der Waals surface area contributed by atoms with Gasteiger partial charge in [-0.15, -0.1) is 0 Å². The summed E-state index contributed by atoms with van der Waals surface area (Å²) in [6.07, 6.45) is 0.580. The number of halogens is 1. The molecule has 0 saturated heterocycles. The van der Waals surface area contributed by atoms with Gasteiger partial charge in [0.15, 0.2) is 0 Å². The van der Waals surface area contributed by atoms with E-state index in [9.17, 15) is 0 Å². The largest absolute Gasteiger partial charge is 0.396 e. The summed E-state index contributed by atoms with van der Waals surface area (Å²) in [6.45, 7) is -0.525. The van der Waals surface area contributed by atoms with Gasteiger partial charge in [-0.25, -0.2) is 0 Å². The zero-order valence-corrected chi connectivity index (χ0v) is 7.34. The van der Waals surface area contributed by atoms with E-state index in [2.05, 4.69) is 15.9 Å². The first-order chi connectivity index (χ1) is 4.74. The molecule has 0 saturated carbocycles. The summed E-state index contributed by atoms with van der Waals surface area (Å²) in [5.41, 5.74) is -0.705. The van der Waals surface area contributed by atoms with Crippen molar-refractivity contribution in [2.45, 2.75) is 6.42 Å². The Kier molecular flexibility index (Phi) is 5.25. The van der Waals surface area contributed by atoms with Crippen LogP contribution in [0.5, 0.6) is 0 Å². The number of aliphatic hydroxyl groups is 3. The SMILES string of the molecule is OCC(CO)(CO)CCBr. The topological polar surface area (TPSA) is 60.7 Å². The van der Waals surface area contributed by atoms with Gasteiger partial charge in [0.05, 0.1) is 19.8 Å². The monoisotopic (exact) mass is 212 g/mol. The first kappa shape index (κ1) is 10.4. The molecule has 0 spiro atoms. The molecule has 0 rings (SSSR count). The fourth-order valence-corrected chi connectivity index (χ4v) is 1.43. The molecule has 3 nitrogen and oxygen atoms in total. The van der Waals surface area contributed by atoms with Gasteiger partial charge in [-0.3, -0.25) is 0 Å². The smallest absolute Gasteiger partial charge is 0.0531 e. The van der Waals surface area contributed by atoms with Crippen LogP contribution in [0.1, 0.15) is 6.42 Å². The van der Waals surface area contributed by atoms with Gasteiger partial charge in [0.2, 0.25) is 0 Å². The van der Waals surface area contributed by atoms with Crippen molar-refractivity contribution in [2.24, 2.45) is 5.41 Å². The molecule has 0 atom stereocenters. The number of aliphatic hydroxyl groups excluding tert-OH is 3. The lowest BCUT2D eigenvalue weighted by Crippen LogP contribution is -2.34. The number of rotatable bonds is 5. The maximum atomic E-state index is 8.77. The minimum Gasteiger partial charge on any atom is -0.396 e. The summed E-state index contributed by atoms with van der Waals surface area (Å²) in [7, 11) is 0. The van der Waals surface area contributed by atoms with Crippen LogP contribution in [-0.2, 0) is 0 Å². The zero-order valence-electron chi connectivity index (χ0n) is 5.76. The van der Waals surface area contributed by atoms with Gasteiger partial charge in [-0.05, 0) is 6.42 Å². The summed E-state index contributed by atoms with van der Waals surface area (Å²) < 4.78 is 0. The quantitative estimate of drug-likeness (QED) is 0.551. The van der Waals surface area contributed by atoms with Gasteiger partial charge < -0.3 is 15.3 Å². The highest BCUT2D eigenvalue weighted by atomic mass is 79.9. The van der Waals surface area contributed by atoms with Crippen molar-refractivity contribution < 1.29 is 15.3 Å². The molecule has 0 radical (unpaired) electrons. The van der Waals surface area contributed by atoms with Crippen LogP contribution in [-0.4, -0.2) is 40.5 Å². The standard InChI is InChI=1S/C6H13BrO3/c7-2-1-6(3-8,4-9)5-10/h8-10H,1-5H2. The lowest BCUT2D eigenvalue weighted by atomic mass is 9.88. The summed E-state index contributed by atoms with van der Waals surface area (Å²) in [5.74, 6) is 0. The predicted molar refractivity (Wildman–Crippen MR) is 42.1 cm³/mol. The minimum absolute atomic E-state index is 0.175. The number of hydrogen-bond acceptors (Lipinski definition) is 3. The Morgan fingerprint density at radius 2 is 1.40 bits per heavy atom. The van der Waals surface area contributed by atoms with E-state index in [0.29, 0.717) is 11.8 Å². The molecule has 0 aliphatic rings. The average Bonchev–Trinajstić information content (AvgIpc) is 2.01. The van der Waals surface area contributed by atoms with Crippen LogP contribution in [0.4, 0.5) is 0 Å². The first-order valence-corrected chi connectivity index (χ1v) is 4.25. The maximum absolute atomic E-state index is 8.77. The second-order valence-corrected chi connectivity index (χ2v) is 3.21. The average molecular weight is 213 g/mol. The van der Waals surface area contributed by atoms with Gasteiger partial charge >= 0.3 is 0 Å². The Morgan fingerprint density at radius 3 is 1.50 bits per heavy atom. The highest BCUT2D eigenvalue weighted by molar-refractivity contribution is 9.09. The Bertz CT molecular complexity index is 74.8. The number of hydrogen-bond donors (Lipinski definition) is 3. The molecular formula is C6H13BrO3. The van der Waals surface area contributed by atoms with Gasteiger partial charge in [-0.1, -0.05) is 15.9 Å². The highest BCUT2D eigenvalue weighted by Crippen LogP contribution is 2.20. The molecule has 0 aromatic heterocycles. The van der Waals surface area contributed by atoms with E-state index in [1.54, 1.807) is 0 Å². The fourth-order valence-electron chi connectivity index (χ4n) is 0.588. The third-order valence-corrected chi connectivity index (χ3v) is 2.03. The molecule has 0 aromatic rings. The Hall–Kier alpha value is 0.360. The Labute approximate surface area is 68.8 Å². The summed E-state index contributed by atoms with van der Waals surface area (Å²) in [5, 5.41) is 27.0. The van der Waals surface area contributed by atoms with E-state index in [1.165, 1.54) is 0 Å². The molecule has 0 aliphatic heterocycles. The van der Waals surface area contributed by atoms with Crippen LogP contribution >= 0.6 is 15.9 Å². The fraction of sp³-hybridized carbons (Fsp3) is 1.00. The maximum Gasteiger partial charge on any atom is 0.0531 e. The first-order valence-electron chi connectivity index (χ1n) is 3.13. The van der Waals surface area contributed by atoms with Gasteiger partial charge in [0.25, 0.3) is 0 Å². The van der Waals surface area contributed by atoms with Crippen LogP contribution in [0.3, 0.4) is 0 Å². The van der Waals surface area contributed by atoms with Crippen molar-refractivity contribution in [3.8, 4) is 0 Å². The highest BCUT2D eigenvalue weighted by Gasteiger charge is 2.26. The van der Waals surface area contributed by atoms with E-state index >= 15 is 0 Å². The molecule has 10 heavy (non-hydrogen) atoms. The summed E-state index contributed by atoms with van der Waals surface area (Å²) >= 11 is 3.17. The molecule has 62 valence electrons. The van der Waals surface area contributed by atoms with Crippen LogP contribution < -0.4 is 0 Å². The third kappa shape index (κ3) is 2.54. The van der Waals surface area contributed by atoms with Gasteiger partial charge in [0.1, 0.15) is 0 Å². The Balaban J connectivity index is 3.87. The summed E-state index contributed by atoms with van der Waals surface area (Å²) in [4.78, 5) is 0. The molecule has 0 heterocycles. The molecule has 0 aliphatic carbocycles. The van der Waals surface area contributed by atoms with E-state index in [-0.39, 0.29) is 19.8 Å². The van der Waals surface area contributed by atoms with Crippen molar-refractivity contribution in [3.63, 3.8) is 0 Å². The second kappa shape index (κ2) is 5.07. The normalized spacial score (nSPS) is 12.0. The van der Waals surface area contributed by atoms with E-state index in [4.69, 9.17) is 15.3 Å². The van der Waals surface area contributed by atoms with Crippen molar-refractivity contribution >= 4 is 15.9 Å². The lowest BCUT2D eigenvalue weighted by Gasteiger charge is -2.25. The third-order valence-electron chi connectivity index (χ3n) is 1.63. The molecule has 0 fully saturated rings. The molecular weight excluding hydrogens is 200 g/mol. The number of alkyl halides is 1. The van der Waals surface area contributed by atoms with E-state index in [1.807, 2.05) is 0 Å². The van der Waals surface area contributed by atoms with E-state index < -0.39 is 5.41 Å². The van der Waals surface area contributed by atoms with Crippen LogP contribution in [0.25, 0.3) is 0 Å². The summed E-state index contributed by atoms with van der Waals surface area (Å²) in [6, 6.07) is 0. The second-order valence-electron chi connectivity index (χ2n) is 2.41. The van der Waals surface area contributed by atoms with Crippen LogP contribution in [0.2, 0.25) is 0 Å². The van der Waals surface area contributed by atoms with Crippen molar-refractivity contribution in [3.05, 3.63) is 0 Å². The minimum atomic E-state index is -0.705. The molecule has 3 N–H and O–H groups in total.